The monoisotopic (exact) mass is 896 g/mol. The van der Waals surface area contributed by atoms with Gasteiger partial charge in [-0.05, 0) is 105 Å². The van der Waals surface area contributed by atoms with Gasteiger partial charge in [0.15, 0.2) is 0 Å². The minimum Gasteiger partial charge on any atom is -0.274 e. The molecule has 250 valence electrons. The number of carbonyl (C=O) groups excluding carboxylic acids is 4. The van der Waals surface area contributed by atoms with E-state index in [2.05, 4.69) is 45.2 Å². The molecule has 0 bridgehead atoms. The molecule has 14 nitrogen and oxygen atoms in total. The van der Waals surface area contributed by atoms with E-state index in [9.17, 15) is 39.4 Å². The molecule has 16 heteroatoms. The number of hydrazine groups is 1. The van der Waals surface area contributed by atoms with E-state index in [1.165, 1.54) is 48.5 Å². The zero-order valence-electron chi connectivity index (χ0n) is 25.4. The van der Waals surface area contributed by atoms with Crippen LogP contribution in [0.3, 0.4) is 0 Å². The van der Waals surface area contributed by atoms with Crippen LogP contribution in [-0.4, -0.2) is 55.6 Å². The van der Waals surface area contributed by atoms with Crippen LogP contribution in [-0.2, 0) is 19.2 Å². The van der Waals surface area contributed by atoms with Crippen molar-refractivity contribution in [1.29, 1.82) is 0 Å². The molecule has 0 spiro atoms. The topological polar surface area (TPSA) is 168 Å². The van der Waals surface area contributed by atoms with E-state index >= 15 is 0 Å². The van der Waals surface area contributed by atoms with Crippen LogP contribution in [0.5, 0.6) is 0 Å². The zero-order valence-corrected chi connectivity index (χ0v) is 29.7. The van der Waals surface area contributed by atoms with Gasteiger partial charge in [-0.2, -0.15) is 0 Å². The number of hydrogen-bond donors (Lipinski definition) is 0. The molecule has 0 N–H and O–H groups in total. The number of halogens is 2. The van der Waals surface area contributed by atoms with Gasteiger partial charge in [0.25, 0.3) is 23.2 Å². The van der Waals surface area contributed by atoms with Gasteiger partial charge in [-0.15, -0.1) is 0 Å². The maximum Gasteiger partial charge on any atom is 0.269 e. The summed E-state index contributed by atoms with van der Waals surface area (Å²) in [6, 6.07) is 20.6. The first-order chi connectivity index (χ1) is 24.0. The van der Waals surface area contributed by atoms with Crippen LogP contribution in [0.1, 0.15) is 23.2 Å². The lowest BCUT2D eigenvalue weighted by Gasteiger charge is -2.35. The highest BCUT2D eigenvalue weighted by atomic mass is 127. The van der Waals surface area contributed by atoms with E-state index in [4.69, 9.17) is 0 Å². The molecule has 4 fully saturated rings. The number of rotatable bonds is 6. The van der Waals surface area contributed by atoms with Crippen LogP contribution in [0.4, 0.5) is 22.7 Å². The van der Waals surface area contributed by atoms with Crippen molar-refractivity contribution >= 4 is 91.6 Å². The number of hydrogen-bond acceptors (Lipinski definition) is 10. The number of anilines is 2. The van der Waals surface area contributed by atoms with Crippen LogP contribution >= 0.6 is 45.2 Å². The van der Waals surface area contributed by atoms with Gasteiger partial charge < -0.3 is 0 Å². The second-order valence-electron chi connectivity index (χ2n) is 12.3. The Morgan fingerprint density at radius 1 is 0.460 bits per heavy atom. The molecule has 0 saturated carbocycles. The average Bonchev–Trinajstić information content (AvgIpc) is 3.77. The van der Waals surface area contributed by atoms with Gasteiger partial charge in [-0.25, -0.2) is 19.8 Å². The number of fused-ring (bicyclic) bond motifs is 5. The Bertz CT molecular complexity index is 1980. The van der Waals surface area contributed by atoms with Crippen molar-refractivity contribution in [2.75, 3.05) is 9.80 Å². The molecule has 0 aliphatic carbocycles. The SMILES string of the molecule is O=C1C2C(C(=O)N1c1ccc(I)cc1)N1C(c3ccc([N+](=O)[O-])cc3)C3C(=O)N(c4ccc(I)cc4)C(=O)C3N1C2c1ccc([N+](=O)[O-])cc1. The van der Waals surface area contributed by atoms with Crippen molar-refractivity contribution < 1.29 is 29.0 Å². The third-order valence-electron chi connectivity index (χ3n) is 9.79. The Labute approximate surface area is 310 Å². The second kappa shape index (κ2) is 12.0. The Morgan fingerprint density at radius 3 is 1.08 bits per heavy atom. The lowest BCUT2D eigenvalue weighted by Crippen LogP contribution is -2.50. The summed E-state index contributed by atoms with van der Waals surface area (Å²) in [6.45, 7) is 0. The lowest BCUT2D eigenvalue weighted by atomic mass is 9.84. The van der Waals surface area contributed by atoms with Crippen molar-refractivity contribution in [3.8, 4) is 0 Å². The maximum atomic E-state index is 14.5. The van der Waals surface area contributed by atoms with E-state index in [0.29, 0.717) is 22.5 Å². The highest BCUT2D eigenvalue weighted by Crippen LogP contribution is 2.60. The van der Waals surface area contributed by atoms with Crippen LogP contribution < -0.4 is 9.80 Å². The third-order valence-corrected chi connectivity index (χ3v) is 11.2. The van der Waals surface area contributed by atoms with E-state index < -0.39 is 69.5 Å². The van der Waals surface area contributed by atoms with Gasteiger partial charge >= 0.3 is 0 Å². The predicted molar refractivity (Wildman–Crippen MR) is 193 cm³/mol. The highest BCUT2D eigenvalue weighted by molar-refractivity contribution is 14.1. The van der Waals surface area contributed by atoms with Gasteiger partial charge in [0.05, 0.1) is 45.1 Å². The van der Waals surface area contributed by atoms with E-state index in [-0.39, 0.29) is 11.4 Å². The van der Waals surface area contributed by atoms with Crippen molar-refractivity contribution in [1.82, 2.24) is 10.0 Å². The molecule has 4 heterocycles. The molecule has 50 heavy (non-hydrogen) atoms. The number of amides is 4. The Kier molecular flexibility index (Phi) is 7.80. The summed E-state index contributed by atoms with van der Waals surface area (Å²) in [5.74, 6) is -4.30. The minimum absolute atomic E-state index is 0.186. The summed E-state index contributed by atoms with van der Waals surface area (Å²) in [5.41, 5.74) is 1.22. The quantitative estimate of drug-likeness (QED) is 0.109. The summed E-state index contributed by atoms with van der Waals surface area (Å²) < 4.78 is 1.78. The minimum atomic E-state index is -1.17. The first-order valence-corrected chi connectivity index (χ1v) is 17.5. The Morgan fingerprint density at radius 2 is 0.780 bits per heavy atom. The molecule has 6 unspecified atom stereocenters. The zero-order chi connectivity index (χ0) is 35.2. The summed E-state index contributed by atoms with van der Waals surface area (Å²) in [4.78, 5) is 82.3. The number of benzene rings is 4. The van der Waals surface area contributed by atoms with Crippen molar-refractivity contribution in [3.05, 3.63) is 136 Å². The molecule has 4 saturated heterocycles. The normalized spacial score (nSPS) is 26.0. The fourth-order valence-corrected chi connectivity index (χ4v) is 8.49. The van der Waals surface area contributed by atoms with Gasteiger partial charge in [0.2, 0.25) is 11.8 Å². The van der Waals surface area contributed by atoms with E-state index in [1.807, 2.05) is 0 Å². The lowest BCUT2D eigenvalue weighted by molar-refractivity contribution is -0.385. The molecular formula is C34H22I2N6O8. The summed E-state index contributed by atoms with van der Waals surface area (Å²) in [5, 5.41) is 26.4. The van der Waals surface area contributed by atoms with Gasteiger partial charge in [0, 0.05) is 31.4 Å². The molecule has 0 aromatic heterocycles. The third kappa shape index (κ3) is 4.79. The predicted octanol–water partition coefficient (Wildman–Crippen LogP) is 5.16. The average molecular weight is 896 g/mol. The van der Waals surface area contributed by atoms with Crippen molar-refractivity contribution in [2.24, 2.45) is 11.8 Å². The first-order valence-electron chi connectivity index (χ1n) is 15.3. The largest absolute Gasteiger partial charge is 0.274 e. The molecular weight excluding hydrogens is 874 g/mol. The van der Waals surface area contributed by atoms with Crippen molar-refractivity contribution in [3.63, 3.8) is 0 Å². The molecule has 0 radical (unpaired) electrons. The molecule has 6 atom stereocenters. The number of nitro groups is 2. The number of imide groups is 2. The molecule has 4 aromatic carbocycles. The second-order valence-corrected chi connectivity index (χ2v) is 14.8. The molecule has 4 aliphatic rings. The smallest absolute Gasteiger partial charge is 0.269 e. The van der Waals surface area contributed by atoms with Gasteiger partial charge in [-0.3, -0.25) is 39.4 Å². The molecule has 4 amide bonds. The molecule has 4 aromatic rings. The standard InChI is InChI=1S/C34H22I2N6O8/c35-19-5-13-21(14-6-19)37-31(43)25-27(17-1-9-23(10-2-17)41(47)48)39-30-26(32(44)38(34(30)46)22-15-7-20(36)8-16-22)28(40(39)29(25)33(37)45)18-3-11-24(12-4-18)42(49)50/h1-16,25-30H. The Balaban J connectivity index is 1.33. The molecule has 8 rings (SSSR count). The Hall–Kier alpha value is -4.66. The molecule has 4 aliphatic heterocycles. The van der Waals surface area contributed by atoms with Crippen LogP contribution in [0.15, 0.2) is 97.1 Å². The van der Waals surface area contributed by atoms with Gasteiger partial charge in [-0.1, -0.05) is 24.3 Å². The van der Waals surface area contributed by atoms with Gasteiger partial charge in [0.1, 0.15) is 12.1 Å². The summed E-state index contributed by atoms with van der Waals surface area (Å²) >= 11 is 4.23. The number of non-ortho nitro benzene ring substituents is 2. The van der Waals surface area contributed by atoms with Crippen LogP contribution in [0.25, 0.3) is 0 Å². The number of nitro benzene ring substituents is 2. The number of carbonyl (C=O) groups is 4. The van der Waals surface area contributed by atoms with Crippen LogP contribution in [0.2, 0.25) is 0 Å². The highest BCUT2D eigenvalue weighted by Gasteiger charge is 2.73. The number of nitrogens with zero attached hydrogens (tertiary/aromatic N) is 6. The summed E-state index contributed by atoms with van der Waals surface area (Å²) in [7, 11) is 0. The van der Waals surface area contributed by atoms with E-state index in [0.717, 1.165) is 16.9 Å². The van der Waals surface area contributed by atoms with Crippen molar-refractivity contribution in [2.45, 2.75) is 24.2 Å². The van der Waals surface area contributed by atoms with Crippen LogP contribution in [0, 0.1) is 39.2 Å². The first kappa shape index (κ1) is 32.5. The maximum absolute atomic E-state index is 14.5. The summed E-state index contributed by atoms with van der Waals surface area (Å²) in [6.07, 6.45) is 0. The fourth-order valence-electron chi connectivity index (χ4n) is 7.77. The fraction of sp³-hybridized carbons (Fsp3) is 0.176. The van der Waals surface area contributed by atoms with E-state index in [1.54, 1.807) is 58.5 Å².